The molecule has 0 fully saturated rings. The smallest absolute Gasteiger partial charge is 0.316 e. The largest absolute Gasteiger partial charge is 0.480 e. The minimum Gasteiger partial charge on any atom is -0.480 e. The predicted molar refractivity (Wildman–Crippen MR) is 51.9 cm³/mol. The Morgan fingerprint density at radius 3 is 3.07 bits per heavy atom. The van der Waals surface area contributed by atoms with Crippen molar-refractivity contribution in [3.8, 4) is 6.07 Å². The van der Waals surface area contributed by atoms with Crippen LogP contribution in [0.1, 0.15) is 12.5 Å². The molecule has 0 spiro atoms. The van der Waals surface area contributed by atoms with Gasteiger partial charge in [0.25, 0.3) is 0 Å². The molecule has 1 N–H and O–H groups in total. The highest BCUT2D eigenvalue weighted by Crippen LogP contribution is 2.25. The molecule has 0 radical (unpaired) electrons. The van der Waals surface area contributed by atoms with Gasteiger partial charge in [0.2, 0.25) is 0 Å². The Balaban J connectivity index is 2.87. The van der Waals surface area contributed by atoms with Crippen LogP contribution in [0.3, 0.4) is 0 Å². The van der Waals surface area contributed by atoms with E-state index >= 15 is 0 Å². The number of hydrogen-bond acceptors (Lipinski definition) is 4. The molecule has 0 amide bonds. The molecule has 0 saturated carbocycles. The van der Waals surface area contributed by atoms with E-state index in [1.807, 2.05) is 6.07 Å². The molecular weight excluding hydrogens is 200 g/mol. The van der Waals surface area contributed by atoms with E-state index in [0.717, 1.165) is 11.8 Å². The second-order valence-corrected chi connectivity index (χ2v) is 3.96. The van der Waals surface area contributed by atoms with Crippen LogP contribution in [-0.2, 0) is 4.79 Å². The molecule has 0 aliphatic rings. The number of thioether (sulfide) groups is 1. The Labute approximate surface area is 85.6 Å². The predicted octanol–water partition coefficient (Wildman–Crippen LogP) is 1.52. The minimum atomic E-state index is -0.893. The van der Waals surface area contributed by atoms with E-state index in [1.54, 1.807) is 13.0 Å². The van der Waals surface area contributed by atoms with Crippen molar-refractivity contribution in [2.24, 2.45) is 0 Å². The summed E-state index contributed by atoms with van der Waals surface area (Å²) in [5.74, 6) is -0.893. The fourth-order valence-corrected chi connectivity index (χ4v) is 1.66. The average Bonchev–Trinajstić information content (AvgIpc) is 2.18. The van der Waals surface area contributed by atoms with Crippen molar-refractivity contribution in [1.82, 2.24) is 4.98 Å². The summed E-state index contributed by atoms with van der Waals surface area (Å²) in [7, 11) is 0. The topological polar surface area (TPSA) is 74.0 Å². The summed E-state index contributed by atoms with van der Waals surface area (Å²) in [5.41, 5.74) is 0.408. The third kappa shape index (κ3) is 2.47. The van der Waals surface area contributed by atoms with Gasteiger partial charge in [-0.1, -0.05) is 0 Å². The Kier molecular flexibility index (Phi) is 3.48. The minimum absolute atomic E-state index is 0.408. The zero-order valence-corrected chi connectivity index (χ0v) is 8.28. The number of aliphatic carboxylic acids is 1. The van der Waals surface area contributed by atoms with Crippen LogP contribution >= 0.6 is 11.8 Å². The SMILES string of the molecule is CC(Sc1ccncc1C#N)C(=O)O. The number of pyridine rings is 1. The molecule has 14 heavy (non-hydrogen) atoms. The Hall–Kier alpha value is -1.54. The Morgan fingerprint density at radius 2 is 2.50 bits per heavy atom. The number of hydrogen-bond donors (Lipinski definition) is 1. The van der Waals surface area contributed by atoms with E-state index in [0.29, 0.717) is 10.5 Å². The third-order valence-electron chi connectivity index (χ3n) is 1.55. The van der Waals surface area contributed by atoms with E-state index in [-0.39, 0.29) is 0 Å². The lowest BCUT2D eigenvalue weighted by Gasteiger charge is -2.06. The molecule has 5 heteroatoms. The first-order valence-electron chi connectivity index (χ1n) is 3.88. The Bertz CT molecular complexity index is 387. The summed E-state index contributed by atoms with van der Waals surface area (Å²) in [4.78, 5) is 15.0. The van der Waals surface area contributed by atoms with Gasteiger partial charge in [0.05, 0.1) is 5.56 Å². The van der Waals surface area contributed by atoms with E-state index in [4.69, 9.17) is 10.4 Å². The fourth-order valence-electron chi connectivity index (χ4n) is 0.809. The first-order chi connectivity index (χ1) is 6.65. The van der Waals surface area contributed by atoms with Crippen molar-refractivity contribution in [3.63, 3.8) is 0 Å². The van der Waals surface area contributed by atoms with Crippen molar-refractivity contribution >= 4 is 17.7 Å². The van der Waals surface area contributed by atoms with Gasteiger partial charge in [-0.15, -0.1) is 11.8 Å². The quantitative estimate of drug-likeness (QED) is 0.762. The van der Waals surface area contributed by atoms with Crippen LogP contribution in [0.5, 0.6) is 0 Å². The normalized spacial score (nSPS) is 11.7. The molecule has 0 saturated heterocycles. The maximum atomic E-state index is 10.6. The molecule has 0 aliphatic carbocycles. The van der Waals surface area contributed by atoms with Gasteiger partial charge in [-0.3, -0.25) is 9.78 Å². The standard InChI is InChI=1S/C9H8N2O2S/c1-6(9(12)13)14-8-2-3-11-5-7(8)4-10/h2-3,5-6H,1H3,(H,12,13). The van der Waals surface area contributed by atoms with Gasteiger partial charge < -0.3 is 5.11 Å². The lowest BCUT2D eigenvalue weighted by Crippen LogP contribution is -2.11. The van der Waals surface area contributed by atoms with Gasteiger partial charge in [0.15, 0.2) is 0 Å². The van der Waals surface area contributed by atoms with E-state index in [1.165, 1.54) is 12.4 Å². The number of aromatic nitrogens is 1. The average molecular weight is 208 g/mol. The van der Waals surface area contributed by atoms with Gasteiger partial charge >= 0.3 is 5.97 Å². The van der Waals surface area contributed by atoms with Crippen LogP contribution in [0, 0.1) is 11.3 Å². The monoisotopic (exact) mass is 208 g/mol. The molecule has 1 heterocycles. The number of carboxylic acids is 1. The molecule has 1 atom stereocenters. The lowest BCUT2D eigenvalue weighted by molar-refractivity contribution is -0.136. The maximum absolute atomic E-state index is 10.6. The van der Waals surface area contributed by atoms with Crippen molar-refractivity contribution in [2.45, 2.75) is 17.1 Å². The van der Waals surface area contributed by atoms with E-state index < -0.39 is 11.2 Å². The molecule has 0 aliphatic heterocycles. The molecule has 1 unspecified atom stereocenters. The third-order valence-corrected chi connectivity index (χ3v) is 2.72. The van der Waals surface area contributed by atoms with E-state index in [2.05, 4.69) is 4.98 Å². The molecule has 4 nitrogen and oxygen atoms in total. The molecule has 72 valence electrons. The summed E-state index contributed by atoms with van der Waals surface area (Å²) in [6.07, 6.45) is 2.97. The van der Waals surface area contributed by atoms with Gasteiger partial charge in [-0.2, -0.15) is 5.26 Å². The van der Waals surface area contributed by atoms with Crippen LogP contribution in [0.2, 0.25) is 0 Å². The number of nitriles is 1. The van der Waals surface area contributed by atoms with Crippen LogP contribution < -0.4 is 0 Å². The van der Waals surface area contributed by atoms with Crippen molar-refractivity contribution in [1.29, 1.82) is 5.26 Å². The zero-order valence-electron chi connectivity index (χ0n) is 7.47. The van der Waals surface area contributed by atoms with Crippen LogP contribution in [0.4, 0.5) is 0 Å². The number of carboxylic acid groups (broad SMARTS) is 1. The van der Waals surface area contributed by atoms with Gasteiger partial charge in [-0.05, 0) is 13.0 Å². The number of carbonyl (C=O) groups is 1. The molecule has 0 aromatic carbocycles. The molecular formula is C9H8N2O2S. The summed E-state index contributed by atoms with van der Waals surface area (Å²) in [6, 6.07) is 3.61. The molecule has 1 aromatic rings. The second-order valence-electron chi connectivity index (χ2n) is 2.58. The number of rotatable bonds is 3. The molecule has 1 rings (SSSR count). The summed E-state index contributed by atoms with van der Waals surface area (Å²) in [5, 5.41) is 16.8. The zero-order chi connectivity index (χ0) is 10.6. The molecule has 0 bridgehead atoms. The highest BCUT2D eigenvalue weighted by Gasteiger charge is 2.14. The second kappa shape index (κ2) is 4.63. The lowest BCUT2D eigenvalue weighted by atomic mass is 10.3. The first kappa shape index (κ1) is 10.5. The van der Waals surface area contributed by atoms with Crippen LogP contribution in [-0.4, -0.2) is 21.3 Å². The van der Waals surface area contributed by atoms with Gasteiger partial charge in [-0.25, -0.2) is 0 Å². The van der Waals surface area contributed by atoms with Gasteiger partial charge in [0.1, 0.15) is 11.3 Å². The Morgan fingerprint density at radius 1 is 1.79 bits per heavy atom. The van der Waals surface area contributed by atoms with Crippen molar-refractivity contribution < 1.29 is 9.90 Å². The molecule has 1 aromatic heterocycles. The highest BCUT2D eigenvalue weighted by atomic mass is 32.2. The van der Waals surface area contributed by atoms with Crippen molar-refractivity contribution in [2.75, 3.05) is 0 Å². The van der Waals surface area contributed by atoms with Crippen LogP contribution in [0.15, 0.2) is 23.4 Å². The van der Waals surface area contributed by atoms with E-state index in [9.17, 15) is 4.79 Å². The summed E-state index contributed by atoms with van der Waals surface area (Å²) >= 11 is 1.14. The number of nitrogens with zero attached hydrogens (tertiary/aromatic N) is 2. The van der Waals surface area contributed by atoms with Crippen LogP contribution in [0.25, 0.3) is 0 Å². The first-order valence-corrected chi connectivity index (χ1v) is 4.76. The summed E-state index contributed by atoms with van der Waals surface area (Å²) < 4.78 is 0. The maximum Gasteiger partial charge on any atom is 0.316 e. The summed E-state index contributed by atoms with van der Waals surface area (Å²) in [6.45, 7) is 1.58. The van der Waals surface area contributed by atoms with Gasteiger partial charge in [0, 0.05) is 17.3 Å². The fraction of sp³-hybridized carbons (Fsp3) is 0.222. The highest BCUT2D eigenvalue weighted by molar-refractivity contribution is 8.00. The van der Waals surface area contributed by atoms with Crippen molar-refractivity contribution in [3.05, 3.63) is 24.0 Å².